The lowest BCUT2D eigenvalue weighted by molar-refractivity contribution is -0.140. The fourth-order valence-electron chi connectivity index (χ4n) is 4.52. The quantitative estimate of drug-likeness (QED) is 0.265. The van der Waals surface area contributed by atoms with Crippen LogP contribution in [0.25, 0.3) is 0 Å². The predicted octanol–water partition coefficient (Wildman–Crippen LogP) is 5.74. The molecule has 0 radical (unpaired) electrons. The van der Waals surface area contributed by atoms with E-state index in [2.05, 4.69) is 5.32 Å². The number of hydrogen-bond donors (Lipinski definition) is 1. The number of anilines is 1. The molecule has 0 aliphatic carbocycles. The number of carbonyl (C=O) groups is 2. The zero-order chi connectivity index (χ0) is 31.0. The minimum absolute atomic E-state index is 0.0543. The number of benzene rings is 3. The Morgan fingerprint density at radius 1 is 0.976 bits per heavy atom. The lowest BCUT2D eigenvalue weighted by atomic mass is 10.1. The van der Waals surface area contributed by atoms with Gasteiger partial charge in [0.15, 0.2) is 0 Å². The molecule has 0 aromatic heterocycles. The van der Waals surface area contributed by atoms with Gasteiger partial charge in [-0.2, -0.15) is 0 Å². The highest BCUT2D eigenvalue weighted by molar-refractivity contribution is 7.92. The number of aryl methyl sites for hydroxylation is 2. The summed E-state index contributed by atoms with van der Waals surface area (Å²) in [6.45, 7) is 9.47. The van der Waals surface area contributed by atoms with Crippen LogP contribution in [-0.4, -0.2) is 51.4 Å². The number of halogens is 1. The monoisotopic (exact) mass is 613 g/mol. The molecule has 1 atom stereocenters. The molecule has 0 bridgehead atoms. The average Bonchev–Trinajstić information content (AvgIpc) is 2.95. The number of rotatable bonds is 13. The first kappa shape index (κ1) is 32.9. The number of nitrogens with zero attached hydrogens (tertiary/aromatic N) is 2. The van der Waals surface area contributed by atoms with E-state index in [9.17, 15) is 18.0 Å². The molecule has 3 rings (SSSR count). The molecule has 10 heteroatoms. The van der Waals surface area contributed by atoms with Crippen LogP contribution in [0, 0.1) is 19.8 Å². The van der Waals surface area contributed by atoms with Gasteiger partial charge in [-0.1, -0.05) is 62.2 Å². The van der Waals surface area contributed by atoms with Gasteiger partial charge in [0, 0.05) is 18.1 Å². The largest absolute Gasteiger partial charge is 0.497 e. The summed E-state index contributed by atoms with van der Waals surface area (Å²) in [7, 11) is -2.60. The van der Waals surface area contributed by atoms with Gasteiger partial charge in [-0.25, -0.2) is 8.42 Å². The maximum Gasteiger partial charge on any atom is 0.264 e. The average molecular weight is 614 g/mol. The number of hydrogen-bond acceptors (Lipinski definition) is 5. The summed E-state index contributed by atoms with van der Waals surface area (Å²) in [5.41, 5.74) is 2.60. The summed E-state index contributed by atoms with van der Waals surface area (Å²) >= 11 is 6.19. The highest BCUT2D eigenvalue weighted by Crippen LogP contribution is 2.30. The number of carbonyl (C=O) groups excluding carboxylic acids is 2. The molecule has 0 spiro atoms. The predicted molar refractivity (Wildman–Crippen MR) is 167 cm³/mol. The van der Waals surface area contributed by atoms with Crippen LogP contribution in [0.2, 0.25) is 5.02 Å². The van der Waals surface area contributed by atoms with Gasteiger partial charge < -0.3 is 15.0 Å². The molecule has 0 aliphatic rings. The number of nitrogens with one attached hydrogen (secondary N) is 1. The van der Waals surface area contributed by atoms with Gasteiger partial charge in [0.25, 0.3) is 10.0 Å². The molecule has 0 heterocycles. The van der Waals surface area contributed by atoms with E-state index in [1.807, 2.05) is 39.8 Å². The highest BCUT2D eigenvalue weighted by Gasteiger charge is 2.34. The van der Waals surface area contributed by atoms with Crippen molar-refractivity contribution >= 4 is 39.1 Å². The first-order valence-electron chi connectivity index (χ1n) is 13.9. The van der Waals surface area contributed by atoms with Gasteiger partial charge in [-0.15, -0.1) is 0 Å². The Balaban J connectivity index is 2.07. The fourth-order valence-corrected chi connectivity index (χ4v) is 6.22. The molecule has 8 nitrogen and oxygen atoms in total. The maximum atomic E-state index is 14.2. The Labute approximate surface area is 254 Å². The Hall–Kier alpha value is -3.56. The maximum absolute atomic E-state index is 14.2. The van der Waals surface area contributed by atoms with E-state index >= 15 is 0 Å². The zero-order valence-electron chi connectivity index (χ0n) is 25.1. The molecule has 0 aliphatic heterocycles. The molecule has 0 saturated carbocycles. The lowest BCUT2D eigenvalue weighted by Gasteiger charge is -2.33. The van der Waals surface area contributed by atoms with Crippen molar-refractivity contribution in [2.45, 2.75) is 58.5 Å². The summed E-state index contributed by atoms with van der Waals surface area (Å²) in [5, 5.41) is 3.38. The van der Waals surface area contributed by atoms with Crippen molar-refractivity contribution in [2.24, 2.45) is 5.92 Å². The van der Waals surface area contributed by atoms with Crippen LogP contribution in [0.4, 0.5) is 5.69 Å². The first-order valence-corrected chi connectivity index (χ1v) is 15.7. The molecule has 3 aromatic carbocycles. The van der Waals surface area contributed by atoms with Crippen molar-refractivity contribution in [1.29, 1.82) is 0 Å². The van der Waals surface area contributed by atoms with Crippen LogP contribution >= 0.6 is 11.6 Å². The summed E-state index contributed by atoms with van der Waals surface area (Å²) in [5.74, 6) is 0.0817. The Morgan fingerprint density at radius 3 is 2.17 bits per heavy atom. The molecule has 0 saturated heterocycles. The van der Waals surface area contributed by atoms with Crippen LogP contribution in [0.15, 0.2) is 71.6 Å². The van der Waals surface area contributed by atoms with E-state index in [0.717, 1.165) is 15.4 Å². The minimum atomic E-state index is -4.17. The van der Waals surface area contributed by atoms with E-state index in [4.69, 9.17) is 16.3 Å². The smallest absolute Gasteiger partial charge is 0.264 e. The third kappa shape index (κ3) is 8.26. The van der Waals surface area contributed by atoms with Crippen molar-refractivity contribution in [2.75, 3.05) is 24.5 Å². The molecular formula is C32H40ClN3O5S. The van der Waals surface area contributed by atoms with Crippen LogP contribution in [-0.2, 0) is 26.2 Å². The van der Waals surface area contributed by atoms with Gasteiger partial charge >= 0.3 is 0 Å². The van der Waals surface area contributed by atoms with E-state index in [0.29, 0.717) is 35.0 Å². The third-order valence-electron chi connectivity index (χ3n) is 6.90. The standard InChI is InChI=1S/C32H40ClN3O5S/c1-7-29(32(38)34-19-22(2)3)35(20-25-10-13-27(41-6)14-11-25)31(37)21-36(30-17-12-26(33)18-24(30)5)42(39,40)28-15-8-23(4)9-16-28/h8-18,22,29H,7,19-21H2,1-6H3,(H,34,38)/t29-/m1/s1. The number of amides is 2. The normalized spacial score (nSPS) is 12.1. The summed E-state index contributed by atoms with van der Waals surface area (Å²) < 4.78 is 34.5. The van der Waals surface area contributed by atoms with Crippen LogP contribution in [0.5, 0.6) is 5.75 Å². The number of methoxy groups -OCH3 is 1. The van der Waals surface area contributed by atoms with Crippen LogP contribution < -0.4 is 14.4 Å². The van der Waals surface area contributed by atoms with Crippen molar-refractivity contribution in [3.8, 4) is 5.75 Å². The van der Waals surface area contributed by atoms with E-state index in [1.54, 1.807) is 56.5 Å². The summed E-state index contributed by atoms with van der Waals surface area (Å²) in [6.07, 6.45) is 0.344. The van der Waals surface area contributed by atoms with Gasteiger partial charge in [0.2, 0.25) is 11.8 Å². The molecule has 2 amide bonds. The topological polar surface area (TPSA) is 96.0 Å². The minimum Gasteiger partial charge on any atom is -0.497 e. The van der Waals surface area contributed by atoms with Crippen molar-refractivity contribution in [1.82, 2.24) is 10.2 Å². The second kappa shape index (κ2) is 14.6. The molecule has 1 N–H and O–H groups in total. The van der Waals surface area contributed by atoms with E-state index in [1.165, 1.54) is 17.0 Å². The lowest BCUT2D eigenvalue weighted by Crippen LogP contribution is -2.52. The van der Waals surface area contributed by atoms with Gasteiger partial charge in [-0.05, 0) is 79.8 Å². The van der Waals surface area contributed by atoms with Crippen molar-refractivity contribution < 1.29 is 22.7 Å². The molecule has 0 unspecified atom stereocenters. The van der Waals surface area contributed by atoms with Gasteiger partial charge in [-0.3, -0.25) is 13.9 Å². The first-order chi connectivity index (χ1) is 19.9. The third-order valence-corrected chi connectivity index (χ3v) is 8.91. The van der Waals surface area contributed by atoms with E-state index in [-0.39, 0.29) is 23.3 Å². The zero-order valence-corrected chi connectivity index (χ0v) is 26.6. The van der Waals surface area contributed by atoms with E-state index < -0.39 is 28.5 Å². The molecule has 42 heavy (non-hydrogen) atoms. The second-order valence-corrected chi connectivity index (χ2v) is 13.0. The molecular weight excluding hydrogens is 574 g/mol. The molecule has 0 fully saturated rings. The SMILES string of the molecule is CC[C@H](C(=O)NCC(C)C)N(Cc1ccc(OC)cc1)C(=O)CN(c1ccc(Cl)cc1C)S(=O)(=O)c1ccc(C)cc1. The second-order valence-electron chi connectivity index (χ2n) is 10.7. The Bertz CT molecular complexity index is 1470. The Kier molecular flexibility index (Phi) is 11.4. The fraction of sp³-hybridized carbons (Fsp3) is 0.375. The summed E-state index contributed by atoms with van der Waals surface area (Å²) in [4.78, 5) is 29.1. The highest BCUT2D eigenvalue weighted by atomic mass is 35.5. The Morgan fingerprint density at radius 2 is 1.62 bits per heavy atom. The van der Waals surface area contributed by atoms with Crippen LogP contribution in [0.3, 0.4) is 0 Å². The van der Waals surface area contributed by atoms with Crippen LogP contribution in [0.1, 0.15) is 43.9 Å². The number of sulfonamides is 1. The van der Waals surface area contributed by atoms with Gasteiger partial charge in [0.1, 0.15) is 18.3 Å². The van der Waals surface area contributed by atoms with Gasteiger partial charge in [0.05, 0.1) is 17.7 Å². The van der Waals surface area contributed by atoms with Crippen molar-refractivity contribution in [3.63, 3.8) is 0 Å². The van der Waals surface area contributed by atoms with Crippen molar-refractivity contribution in [3.05, 3.63) is 88.4 Å². The molecule has 3 aromatic rings. The number of ether oxygens (including phenoxy) is 1. The summed E-state index contributed by atoms with van der Waals surface area (Å²) in [6, 6.07) is 17.7. The molecule has 226 valence electrons.